The first kappa shape index (κ1) is 6.63. The zero-order valence-electron chi connectivity index (χ0n) is 4.47. The highest BCUT2D eigenvalue weighted by Gasteiger charge is 1.95. The van der Waals surface area contributed by atoms with Crippen LogP contribution in [0.2, 0.25) is 0 Å². The standard InChI is InChI=1S/C5H8O2/c1-5(7-2)3-4-6/h3,5H,1-2H3. The Labute approximate surface area is 43.5 Å². The number of rotatable bonds is 3. The molecule has 2 heteroatoms. The van der Waals surface area contributed by atoms with Gasteiger partial charge in [-0.3, -0.25) is 4.79 Å². The Hall–Kier alpha value is -0.370. The van der Waals surface area contributed by atoms with Crippen LogP contribution in [-0.2, 0) is 9.53 Å². The first-order chi connectivity index (χ1) is 3.31. The highest BCUT2D eigenvalue weighted by atomic mass is 16.5. The highest BCUT2D eigenvalue weighted by Crippen LogP contribution is 1.87. The van der Waals surface area contributed by atoms with Crippen molar-refractivity contribution in [3.05, 3.63) is 6.42 Å². The minimum absolute atomic E-state index is 0.0995. The third kappa shape index (κ3) is 3.46. The molecule has 0 heterocycles. The average Bonchev–Trinajstić information content (AvgIpc) is 1.68. The molecule has 0 spiro atoms. The van der Waals surface area contributed by atoms with Gasteiger partial charge in [-0.15, -0.1) is 0 Å². The molecule has 0 fully saturated rings. The normalized spacial score (nSPS) is 13.4. The first-order valence-electron chi connectivity index (χ1n) is 2.05. The Bertz CT molecular complexity index is 52.0. The largest absolute Gasteiger partial charge is 0.381 e. The summed E-state index contributed by atoms with van der Waals surface area (Å²) in [5, 5.41) is 0. The van der Waals surface area contributed by atoms with Crippen molar-refractivity contribution in [2.45, 2.75) is 13.0 Å². The van der Waals surface area contributed by atoms with E-state index in [4.69, 9.17) is 0 Å². The Morgan fingerprint density at radius 1 is 1.86 bits per heavy atom. The topological polar surface area (TPSA) is 26.3 Å². The van der Waals surface area contributed by atoms with Crippen LogP contribution in [-0.4, -0.2) is 19.5 Å². The third-order valence-corrected chi connectivity index (χ3v) is 0.675. The van der Waals surface area contributed by atoms with E-state index in [-0.39, 0.29) is 6.10 Å². The van der Waals surface area contributed by atoms with Crippen LogP contribution in [0.4, 0.5) is 0 Å². The van der Waals surface area contributed by atoms with Crippen molar-refractivity contribution in [2.75, 3.05) is 7.11 Å². The number of ether oxygens (including phenoxy) is 1. The van der Waals surface area contributed by atoms with Gasteiger partial charge in [0.25, 0.3) is 0 Å². The number of hydrogen-bond acceptors (Lipinski definition) is 2. The van der Waals surface area contributed by atoms with Crippen molar-refractivity contribution in [3.63, 3.8) is 0 Å². The highest BCUT2D eigenvalue weighted by molar-refractivity contribution is 5.62. The molecule has 0 rings (SSSR count). The Morgan fingerprint density at radius 3 is 2.57 bits per heavy atom. The maximum absolute atomic E-state index is 9.51. The molecule has 40 valence electrons. The molecule has 0 aromatic rings. The predicted octanol–water partition coefficient (Wildman–Crippen LogP) is 0.335. The lowest BCUT2D eigenvalue weighted by atomic mass is 10.3. The monoisotopic (exact) mass is 100 g/mol. The van der Waals surface area contributed by atoms with Gasteiger partial charge in [0.05, 0.1) is 12.5 Å². The van der Waals surface area contributed by atoms with Gasteiger partial charge in [0, 0.05) is 7.11 Å². The lowest BCUT2D eigenvalue weighted by Crippen LogP contribution is -2.04. The van der Waals surface area contributed by atoms with Gasteiger partial charge in [0.15, 0.2) is 0 Å². The van der Waals surface area contributed by atoms with E-state index in [1.807, 2.05) is 0 Å². The Balaban J connectivity index is 2.98. The van der Waals surface area contributed by atoms with E-state index in [1.165, 1.54) is 6.42 Å². The summed E-state index contributed by atoms with van der Waals surface area (Å²) in [5.41, 5.74) is 0. The Kier molecular flexibility index (Phi) is 3.61. The molecule has 7 heavy (non-hydrogen) atoms. The van der Waals surface area contributed by atoms with Crippen molar-refractivity contribution < 1.29 is 9.53 Å². The zero-order valence-corrected chi connectivity index (χ0v) is 4.47. The quantitative estimate of drug-likeness (QED) is 0.511. The zero-order chi connectivity index (χ0) is 5.70. The summed E-state index contributed by atoms with van der Waals surface area (Å²) in [6.07, 6.45) is 2.84. The van der Waals surface area contributed by atoms with Gasteiger partial charge >= 0.3 is 0 Å². The van der Waals surface area contributed by atoms with Gasteiger partial charge in [-0.2, -0.15) is 0 Å². The van der Waals surface area contributed by atoms with Crippen LogP contribution in [0.5, 0.6) is 0 Å². The van der Waals surface area contributed by atoms with Gasteiger partial charge in [-0.05, 0) is 6.92 Å². The lowest BCUT2D eigenvalue weighted by Gasteiger charge is -1.99. The van der Waals surface area contributed by atoms with Gasteiger partial charge in [-0.1, -0.05) is 0 Å². The molecule has 0 N–H and O–H groups in total. The molecule has 0 bridgehead atoms. The summed E-state index contributed by atoms with van der Waals surface area (Å²) >= 11 is 0. The molecule has 2 radical (unpaired) electrons. The lowest BCUT2D eigenvalue weighted by molar-refractivity contribution is 0.148. The molecular formula is C5H8O2. The molecule has 0 saturated heterocycles. The van der Waals surface area contributed by atoms with Crippen molar-refractivity contribution in [1.29, 1.82) is 0 Å². The maximum Gasteiger partial charge on any atom is 0.205 e. The smallest absolute Gasteiger partial charge is 0.205 e. The fourth-order valence-corrected chi connectivity index (χ4v) is 0.164. The fraction of sp³-hybridized carbons (Fsp3) is 0.600. The van der Waals surface area contributed by atoms with E-state index >= 15 is 0 Å². The Morgan fingerprint density at radius 2 is 2.43 bits per heavy atom. The molecular weight excluding hydrogens is 92.1 g/mol. The van der Waals surface area contributed by atoms with Crippen LogP contribution in [0.3, 0.4) is 0 Å². The molecule has 0 aliphatic heterocycles. The van der Waals surface area contributed by atoms with E-state index in [2.05, 4.69) is 4.74 Å². The van der Waals surface area contributed by atoms with Crippen LogP contribution in [0, 0.1) is 6.42 Å². The van der Waals surface area contributed by atoms with Crippen molar-refractivity contribution in [2.24, 2.45) is 0 Å². The molecule has 0 aromatic carbocycles. The van der Waals surface area contributed by atoms with Gasteiger partial charge in [-0.25, -0.2) is 0 Å². The summed E-state index contributed by atoms with van der Waals surface area (Å²) in [6, 6.07) is 0. The maximum atomic E-state index is 9.51. The summed E-state index contributed by atoms with van der Waals surface area (Å²) < 4.78 is 4.67. The predicted molar refractivity (Wildman–Crippen MR) is 26.5 cm³/mol. The third-order valence-electron chi connectivity index (χ3n) is 0.675. The van der Waals surface area contributed by atoms with Crippen LogP contribution in [0.1, 0.15) is 6.92 Å². The average molecular weight is 100 g/mol. The molecule has 0 aliphatic rings. The van der Waals surface area contributed by atoms with E-state index in [0.717, 1.165) is 0 Å². The minimum atomic E-state index is -0.0995. The van der Waals surface area contributed by atoms with E-state index in [1.54, 1.807) is 20.3 Å². The fourth-order valence-electron chi connectivity index (χ4n) is 0.164. The number of carbonyl (C=O) groups excluding carboxylic acids is 1. The van der Waals surface area contributed by atoms with E-state index in [0.29, 0.717) is 0 Å². The second-order valence-corrected chi connectivity index (χ2v) is 1.23. The van der Waals surface area contributed by atoms with Crippen molar-refractivity contribution >= 4 is 6.29 Å². The van der Waals surface area contributed by atoms with E-state index in [9.17, 15) is 4.79 Å². The van der Waals surface area contributed by atoms with Crippen LogP contribution in [0.25, 0.3) is 0 Å². The summed E-state index contributed by atoms with van der Waals surface area (Å²) in [6.45, 7) is 1.77. The summed E-state index contributed by atoms with van der Waals surface area (Å²) in [5.74, 6) is 0. The summed E-state index contributed by atoms with van der Waals surface area (Å²) in [7, 11) is 1.54. The molecule has 1 unspecified atom stereocenters. The minimum Gasteiger partial charge on any atom is -0.381 e. The number of hydrogen-bond donors (Lipinski definition) is 0. The SMILES string of the molecule is COC(C)[CH][C]=O. The molecule has 1 atom stereocenters. The van der Waals surface area contributed by atoms with Crippen molar-refractivity contribution in [1.82, 2.24) is 0 Å². The van der Waals surface area contributed by atoms with Gasteiger partial charge in [0.2, 0.25) is 6.29 Å². The molecule has 0 saturated carbocycles. The molecule has 0 aliphatic carbocycles. The van der Waals surface area contributed by atoms with Gasteiger partial charge in [0.1, 0.15) is 0 Å². The second-order valence-electron chi connectivity index (χ2n) is 1.23. The van der Waals surface area contributed by atoms with Crippen LogP contribution >= 0.6 is 0 Å². The van der Waals surface area contributed by atoms with Crippen LogP contribution < -0.4 is 0 Å². The van der Waals surface area contributed by atoms with Crippen LogP contribution in [0.15, 0.2) is 0 Å². The molecule has 2 nitrogen and oxygen atoms in total. The summed E-state index contributed by atoms with van der Waals surface area (Å²) in [4.78, 5) is 9.51. The first-order valence-corrected chi connectivity index (χ1v) is 2.05. The molecule has 0 amide bonds. The van der Waals surface area contributed by atoms with E-state index < -0.39 is 0 Å². The van der Waals surface area contributed by atoms with Crippen molar-refractivity contribution in [3.8, 4) is 0 Å². The molecule has 0 aromatic heterocycles. The van der Waals surface area contributed by atoms with Gasteiger partial charge < -0.3 is 4.74 Å². The number of methoxy groups -OCH3 is 1. The second kappa shape index (κ2) is 3.81.